The molecule has 0 aliphatic heterocycles. The number of nitrogens with zero attached hydrogens (tertiary/aromatic N) is 1. The molecule has 0 aromatic carbocycles. The number of aromatic amines is 1. The first kappa shape index (κ1) is 15.1. The van der Waals surface area contributed by atoms with Crippen molar-refractivity contribution in [1.29, 1.82) is 0 Å². The molecule has 1 heterocycles. The van der Waals surface area contributed by atoms with E-state index in [1.54, 1.807) is 7.05 Å². The molecule has 0 bridgehead atoms. The van der Waals surface area contributed by atoms with Gasteiger partial charge in [0, 0.05) is 18.2 Å². The zero-order valence-corrected chi connectivity index (χ0v) is 12.1. The maximum atomic E-state index is 12.2. The first-order valence-corrected chi connectivity index (χ1v) is 7.54. The summed E-state index contributed by atoms with van der Waals surface area (Å²) in [6, 6.07) is -0.0965. The molecule has 0 radical (unpaired) electrons. The summed E-state index contributed by atoms with van der Waals surface area (Å²) in [4.78, 5) is 0. The second-order valence-corrected chi connectivity index (χ2v) is 6.56. The Morgan fingerprint density at radius 1 is 1.39 bits per heavy atom. The van der Waals surface area contributed by atoms with E-state index in [0.717, 1.165) is 6.42 Å². The Labute approximate surface area is 109 Å². The second-order valence-electron chi connectivity index (χ2n) is 4.91. The largest absolute Gasteiger partial charge is 0.316 e. The third kappa shape index (κ3) is 4.08. The molecule has 3 N–H and O–H groups in total. The number of aromatic nitrogens is 2. The standard InChI is InChI=1S/C11H22N4O2S/c1-8(2)5-9(3)15-18(16,17)11-10(6-12-4)7-13-14-11/h7-9,12,15H,5-6H2,1-4H3,(H,13,14). The fourth-order valence-electron chi connectivity index (χ4n) is 1.93. The van der Waals surface area contributed by atoms with Gasteiger partial charge < -0.3 is 5.32 Å². The first-order chi connectivity index (χ1) is 8.36. The summed E-state index contributed by atoms with van der Waals surface area (Å²) >= 11 is 0. The molecule has 1 aromatic rings. The highest BCUT2D eigenvalue weighted by Crippen LogP contribution is 2.13. The smallest absolute Gasteiger partial charge is 0.258 e. The highest BCUT2D eigenvalue weighted by molar-refractivity contribution is 7.89. The molecule has 18 heavy (non-hydrogen) atoms. The maximum absolute atomic E-state index is 12.2. The summed E-state index contributed by atoms with van der Waals surface area (Å²) in [5.41, 5.74) is 0.641. The molecule has 1 atom stereocenters. The summed E-state index contributed by atoms with van der Waals surface area (Å²) in [7, 11) is -1.76. The van der Waals surface area contributed by atoms with E-state index in [2.05, 4.69) is 34.1 Å². The van der Waals surface area contributed by atoms with Crippen LogP contribution in [-0.2, 0) is 16.6 Å². The molecule has 7 heteroatoms. The normalized spacial score (nSPS) is 14.1. The molecule has 1 rings (SSSR count). The second kappa shape index (κ2) is 6.31. The predicted molar refractivity (Wildman–Crippen MR) is 70.6 cm³/mol. The molecule has 6 nitrogen and oxygen atoms in total. The van der Waals surface area contributed by atoms with Crippen LogP contribution in [0.25, 0.3) is 0 Å². The number of hydrogen-bond donors (Lipinski definition) is 3. The zero-order chi connectivity index (χ0) is 13.8. The van der Waals surface area contributed by atoms with Crippen molar-refractivity contribution in [2.24, 2.45) is 5.92 Å². The van der Waals surface area contributed by atoms with Crippen LogP contribution in [0.3, 0.4) is 0 Å². The molecule has 0 fully saturated rings. The Morgan fingerprint density at radius 2 is 2.06 bits per heavy atom. The minimum absolute atomic E-state index is 0.0965. The van der Waals surface area contributed by atoms with Crippen LogP contribution in [0.2, 0.25) is 0 Å². The number of sulfonamides is 1. The van der Waals surface area contributed by atoms with Gasteiger partial charge in [0.1, 0.15) is 0 Å². The monoisotopic (exact) mass is 274 g/mol. The lowest BCUT2D eigenvalue weighted by Gasteiger charge is -2.15. The van der Waals surface area contributed by atoms with Crippen molar-refractivity contribution < 1.29 is 8.42 Å². The molecule has 0 saturated carbocycles. The van der Waals surface area contributed by atoms with Crippen LogP contribution < -0.4 is 10.0 Å². The Hall–Kier alpha value is -0.920. The molecule has 0 saturated heterocycles. The molecule has 0 amide bonds. The van der Waals surface area contributed by atoms with Crippen LogP contribution in [0.15, 0.2) is 11.2 Å². The van der Waals surface area contributed by atoms with Gasteiger partial charge in [0.2, 0.25) is 0 Å². The van der Waals surface area contributed by atoms with Crippen LogP contribution in [0, 0.1) is 5.92 Å². The zero-order valence-electron chi connectivity index (χ0n) is 11.3. The Morgan fingerprint density at radius 3 is 2.61 bits per heavy atom. The van der Waals surface area contributed by atoms with Gasteiger partial charge in [-0.15, -0.1) is 0 Å². The van der Waals surface area contributed by atoms with Crippen LogP contribution in [0.5, 0.6) is 0 Å². The lowest BCUT2D eigenvalue weighted by Crippen LogP contribution is -2.34. The van der Waals surface area contributed by atoms with E-state index in [4.69, 9.17) is 0 Å². The maximum Gasteiger partial charge on any atom is 0.258 e. The van der Waals surface area contributed by atoms with Gasteiger partial charge in [-0.3, -0.25) is 5.10 Å². The average molecular weight is 274 g/mol. The molecule has 1 unspecified atom stereocenters. The third-order valence-corrected chi connectivity index (χ3v) is 4.10. The fraction of sp³-hybridized carbons (Fsp3) is 0.727. The summed E-state index contributed by atoms with van der Waals surface area (Å²) in [6.45, 7) is 6.46. The summed E-state index contributed by atoms with van der Waals surface area (Å²) in [5, 5.41) is 9.40. The molecule has 0 aliphatic carbocycles. The molecule has 104 valence electrons. The number of H-pyrrole nitrogens is 1. The minimum atomic E-state index is -3.52. The lowest BCUT2D eigenvalue weighted by atomic mass is 10.1. The van der Waals surface area contributed by atoms with Gasteiger partial charge in [-0.05, 0) is 26.3 Å². The Bertz CT molecular complexity index is 467. The SMILES string of the molecule is CNCc1cn[nH]c1S(=O)(=O)NC(C)CC(C)C. The molecule has 1 aromatic heterocycles. The molecular weight excluding hydrogens is 252 g/mol. The van der Waals surface area contributed by atoms with Gasteiger partial charge in [-0.25, -0.2) is 13.1 Å². The van der Waals surface area contributed by atoms with Crippen molar-refractivity contribution in [3.05, 3.63) is 11.8 Å². The van der Waals surface area contributed by atoms with Crippen molar-refractivity contribution in [3.63, 3.8) is 0 Å². The topological polar surface area (TPSA) is 86.9 Å². The van der Waals surface area contributed by atoms with E-state index >= 15 is 0 Å². The van der Waals surface area contributed by atoms with Gasteiger partial charge in [-0.2, -0.15) is 5.10 Å². The molecule has 0 aliphatic rings. The van der Waals surface area contributed by atoms with E-state index in [1.807, 2.05) is 6.92 Å². The third-order valence-electron chi connectivity index (χ3n) is 2.50. The van der Waals surface area contributed by atoms with E-state index in [1.165, 1.54) is 6.20 Å². The van der Waals surface area contributed by atoms with E-state index in [-0.39, 0.29) is 11.1 Å². The highest BCUT2D eigenvalue weighted by atomic mass is 32.2. The Kier molecular flexibility index (Phi) is 5.30. The van der Waals surface area contributed by atoms with E-state index in [0.29, 0.717) is 18.0 Å². The summed E-state index contributed by atoms with van der Waals surface area (Å²) < 4.78 is 27.0. The van der Waals surface area contributed by atoms with E-state index < -0.39 is 10.0 Å². The molecular formula is C11H22N4O2S. The van der Waals surface area contributed by atoms with Gasteiger partial charge in [0.25, 0.3) is 10.0 Å². The van der Waals surface area contributed by atoms with Crippen molar-refractivity contribution in [2.75, 3.05) is 7.05 Å². The fourth-order valence-corrected chi connectivity index (χ4v) is 3.31. The van der Waals surface area contributed by atoms with Gasteiger partial charge in [0.05, 0.1) is 6.20 Å². The quantitative estimate of drug-likeness (QED) is 0.687. The number of rotatable bonds is 7. The van der Waals surface area contributed by atoms with Crippen LogP contribution in [0.1, 0.15) is 32.8 Å². The number of hydrogen-bond acceptors (Lipinski definition) is 4. The first-order valence-electron chi connectivity index (χ1n) is 6.06. The van der Waals surface area contributed by atoms with Crippen LogP contribution in [-0.4, -0.2) is 31.7 Å². The van der Waals surface area contributed by atoms with Crippen molar-refractivity contribution in [2.45, 2.75) is 44.8 Å². The van der Waals surface area contributed by atoms with Gasteiger partial charge in [0.15, 0.2) is 5.03 Å². The Balaban J connectivity index is 2.82. The minimum Gasteiger partial charge on any atom is -0.316 e. The van der Waals surface area contributed by atoms with Crippen LogP contribution in [0.4, 0.5) is 0 Å². The highest BCUT2D eigenvalue weighted by Gasteiger charge is 2.22. The van der Waals surface area contributed by atoms with Gasteiger partial charge in [-0.1, -0.05) is 13.8 Å². The molecule has 0 spiro atoms. The van der Waals surface area contributed by atoms with Crippen molar-refractivity contribution in [3.8, 4) is 0 Å². The predicted octanol–water partition coefficient (Wildman–Crippen LogP) is 0.842. The number of nitrogens with one attached hydrogen (secondary N) is 3. The van der Waals surface area contributed by atoms with Crippen LogP contribution >= 0.6 is 0 Å². The average Bonchev–Trinajstić information content (AvgIpc) is 2.64. The summed E-state index contributed by atoms with van der Waals surface area (Å²) in [6.07, 6.45) is 2.33. The van der Waals surface area contributed by atoms with Crippen molar-refractivity contribution in [1.82, 2.24) is 20.2 Å². The van der Waals surface area contributed by atoms with Crippen molar-refractivity contribution >= 4 is 10.0 Å². The lowest BCUT2D eigenvalue weighted by molar-refractivity contribution is 0.481. The van der Waals surface area contributed by atoms with Gasteiger partial charge >= 0.3 is 0 Å². The summed E-state index contributed by atoms with van der Waals surface area (Å²) in [5.74, 6) is 0.446. The van der Waals surface area contributed by atoms with E-state index in [9.17, 15) is 8.42 Å².